The van der Waals surface area contributed by atoms with E-state index in [1.54, 1.807) is 12.1 Å². The summed E-state index contributed by atoms with van der Waals surface area (Å²) >= 11 is 0. The van der Waals surface area contributed by atoms with Crippen LogP contribution in [0.15, 0.2) is 28.8 Å². The van der Waals surface area contributed by atoms with Crippen LogP contribution in [0.5, 0.6) is 0 Å². The van der Waals surface area contributed by atoms with E-state index in [1.165, 1.54) is 12.1 Å². The number of benzene rings is 1. The molecule has 102 valence electrons. The summed E-state index contributed by atoms with van der Waals surface area (Å²) in [5.41, 5.74) is 0.752. The van der Waals surface area contributed by atoms with E-state index in [1.807, 2.05) is 7.05 Å². The highest BCUT2D eigenvalue weighted by molar-refractivity contribution is 5.53. The van der Waals surface area contributed by atoms with E-state index in [-0.39, 0.29) is 5.82 Å². The number of rotatable bonds is 5. The van der Waals surface area contributed by atoms with Crippen LogP contribution in [-0.4, -0.2) is 23.2 Å². The van der Waals surface area contributed by atoms with Crippen molar-refractivity contribution in [3.63, 3.8) is 0 Å². The van der Waals surface area contributed by atoms with Crippen molar-refractivity contribution in [2.24, 2.45) is 5.92 Å². The lowest BCUT2D eigenvalue weighted by molar-refractivity contribution is 0.335. The predicted molar refractivity (Wildman–Crippen MR) is 71.1 cm³/mol. The van der Waals surface area contributed by atoms with Crippen molar-refractivity contribution >= 4 is 0 Å². The molecule has 0 saturated carbocycles. The number of hydrogen-bond donors (Lipinski definition) is 1. The van der Waals surface area contributed by atoms with Crippen LogP contribution in [0.4, 0.5) is 4.39 Å². The molecule has 0 aliphatic rings. The Kier molecular flexibility index (Phi) is 4.27. The van der Waals surface area contributed by atoms with Gasteiger partial charge in [0.25, 0.3) is 0 Å². The first-order chi connectivity index (χ1) is 9.10. The Morgan fingerprint density at radius 3 is 2.53 bits per heavy atom. The average Bonchev–Trinajstić information content (AvgIpc) is 2.85. The van der Waals surface area contributed by atoms with Crippen molar-refractivity contribution in [3.8, 4) is 11.4 Å². The number of hydrogen-bond acceptors (Lipinski definition) is 4. The largest absolute Gasteiger partial charge is 0.339 e. The van der Waals surface area contributed by atoms with Gasteiger partial charge >= 0.3 is 0 Å². The molecule has 0 fully saturated rings. The molecule has 2 rings (SSSR count). The molecular formula is C14H18FN3O. The van der Waals surface area contributed by atoms with Gasteiger partial charge in [0.15, 0.2) is 0 Å². The first-order valence-electron chi connectivity index (χ1n) is 6.36. The quantitative estimate of drug-likeness (QED) is 0.901. The molecule has 0 aliphatic carbocycles. The van der Waals surface area contributed by atoms with Gasteiger partial charge in [-0.05, 0) is 37.2 Å². The summed E-state index contributed by atoms with van der Waals surface area (Å²) in [4.78, 5) is 4.34. The molecule has 5 heteroatoms. The third-order valence-corrected chi connectivity index (χ3v) is 3.14. The molecular weight excluding hydrogens is 245 g/mol. The Morgan fingerprint density at radius 2 is 1.95 bits per heavy atom. The highest BCUT2D eigenvalue weighted by Gasteiger charge is 2.16. The number of halogens is 1. The van der Waals surface area contributed by atoms with Crippen molar-refractivity contribution in [1.82, 2.24) is 15.5 Å². The lowest BCUT2D eigenvalue weighted by Gasteiger charge is -2.17. The molecule has 1 unspecified atom stereocenters. The number of nitrogens with zero attached hydrogens (tertiary/aromatic N) is 2. The molecule has 0 aliphatic heterocycles. The zero-order valence-corrected chi connectivity index (χ0v) is 11.4. The summed E-state index contributed by atoms with van der Waals surface area (Å²) in [7, 11) is 1.92. The van der Waals surface area contributed by atoms with Gasteiger partial charge in [-0.25, -0.2) is 4.39 Å². The van der Waals surface area contributed by atoms with Crippen LogP contribution in [0.2, 0.25) is 0 Å². The normalized spacial score (nSPS) is 12.9. The van der Waals surface area contributed by atoms with Crippen LogP contribution in [0.3, 0.4) is 0 Å². The summed E-state index contributed by atoms with van der Waals surface area (Å²) in [5.74, 6) is 1.29. The van der Waals surface area contributed by atoms with Gasteiger partial charge < -0.3 is 9.84 Å². The smallest absolute Gasteiger partial charge is 0.228 e. The maximum Gasteiger partial charge on any atom is 0.228 e. The maximum atomic E-state index is 12.8. The van der Waals surface area contributed by atoms with Crippen molar-refractivity contribution in [2.45, 2.75) is 26.3 Å². The third kappa shape index (κ3) is 3.38. The van der Waals surface area contributed by atoms with Crippen molar-refractivity contribution in [3.05, 3.63) is 36.0 Å². The summed E-state index contributed by atoms with van der Waals surface area (Å²) in [6.45, 7) is 4.27. The fourth-order valence-electron chi connectivity index (χ4n) is 1.91. The van der Waals surface area contributed by atoms with Crippen LogP contribution in [0, 0.1) is 11.7 Å². The number of likely N-dealkylation sites (N-methyl/N-ethyl adjacent to an activating group) is 1. The van der Waals surface area contributed by atoms with Gasteiger partial charge in [0, 0.05) is 18.0 Å². The first-order valence-corrected chi connectivity index (χ1v) is 6.36. The average molecular weight is 263 g/mol. The fourth-order valence-corrected chi connectivity index (χ4v) is 1.91. The minimum atomic E-state index is -0.275. The molecule has 19 heavy (non-hydrogen) atoms. The van der Waals surface area contributed by atoms with E-state index < -0.39 is 0 Å². The highest BCUT2D eigenvalue weighted by atomic mass is 19.1. The lowest BCUT2D eigenvalue weighted by Crippen LogP contribution is -2.32. The maximum absolute atomic E-state index is 12.8. The van der Waals surface area contributed by atoms with Gasteiger partial charge in [-0.1, -0.05) is 19.0 Å². The van der Waals surface area contributed by atoms with Crippen molar-refractivity contribution < 1.29 is 8.91 Å². The Morgan fingerprint density at radius 1 is 1.26 bits per heavy atom. The standard InChI is InChI=1S/C14H18FN3O/c1-9(2)12(16-3)8-13-17-14(18-19-13)10-4-6-11(15)7-5-10/h4-7,9,12,16H,8H2,1-3H3. The first kappa shape index (κ1) is 13.7. The fraction of sp³-hybridized carbons (Fsp3) is 0.429. The molecule has 0 saturated heterocycles. The van der Waals surface area contributed by atoms with E-state index in [2.05, 4.69) is 29.3 Å². The molecule has 1 N–H and O–H groups in total. The van der Waals surface area contributed by atoms with Gasteiger partial charge in [-0.3, -0.25) is 0 Å². The van der Waals surface area contributed by atoms with E-state index in [0.717, 1.165) is 5.56 Å². The second kappa shape index (κ2) is 5.93. The molecule has 1 aromatic carbocycles. The van der Waals surface area contributed by atoms with Crippen LogP contribution in [0.25, 0.3) is 11.4 Å². The third-order valence-electron chi connectivity index (χ3n) is 3.14. The number of aromatic nitrogens is 2. The van der Waals surface area contributed by atoms with Gasteiger partial charge in [0.1, 0.15) is 5.82 Å². The minimum absolute atomic E-state index is 0.275. The summed E-state index contributed by atoms with van der Waals surface area (Å²) in [6, 6.07) is 6.34. The molecule has 1 aromatic heterocycles. The second-order valence-electron chi connectivity index (χ2n) is 4.86. The molecule has 0 radical (unpaired) electrons. The van der Waals surface area contributed by atoms with Gasteiger partial charge in [0.2, 0.25) is 11.7 Å². The zero-order valence-electron chi connectivity index (χ0n) is 11.4. The van der Waals surface area contributed by atoms with E-state index in [0.29, 0.717) is 30.1 Å². The predicted octanol–water partition coefficient (Wildman–Crippen LogP) is 2.66. The summed E-state index contributed by atoms with van der Waals surface area (Å²) in [5, 5.41) is 7.16. The SMILES string of the molecule is CNC(Cc1nc(-c2ccc(F)cc2)no1)C(C)C. The van der Waals surface area contributed by atoms with E-state index in [9.17, 15) is 4.39 Å². The topological polar surface area (TPSA) is 51.0 Å². The Bertz CT molecular complexity index is 522. The Hall–Kier alpha value is -1.75. The zero-order chi connectivity index (χ0) is 13.8. The molecule has 0 spiro atoms. The van der Waals surface area contributed by atoms with Crippen molar-refractivity contribution in [1.29, 1.82) is 0 Å². The van der Waals surface area contributed by atoms with Gasteiger partial charge in [-0.2, -0.15) is 4.98 Å². The van der Waals surface area contributed by atoms with Crippen LogP contribution in [-0.2, 0) is 6.42 Å². The molecule has 0 bridgehead atoms. The summed E-state index contributed by atoms with van der Waals surface area (Å²) in [6.07, 6.45) is 0.683. The monoisotopic (exact) mass is 263 g/mol. The van der Waals surface area contributed by atoms with Crippen molar-refractivity contribution in [2.75, 3.05) is 7.05 Å². The molecule has 1 atom stereocenters. The number of nitrogens with one attached hydrogen (secondary N) is 1. The molecule has 2 aromatic rings. The molecule has 4 nitrogen and oxygen atoms in total. The Labute approximate surface area is 112 Å². The Balaban J connectivity index is 2.12. The highest BCUT2D eigenvalue weighted by Crippen LogP contribution is 2.17. The minimum Gasteiger partial charge on any atom is -0.339 e. The van der Waals surface area contributed by atoms with Crippen LogP contribution in [0.1, 0.15) is 19.7 Å². The molecule has 0 amide bonds. The van der Waals surface area contributed by atoms with Gasteiger partial charge in [-0.15, -0.1) is 0 Å². The van der Waals surface area contributed by atoms with Crippen LogP contribution >= 0.6 is 0 Å². The van der Waals surface area contributed by atoms with E-state index in [4.69, 9.17) is 4.52 Å². The van der Waals surface area contributed by atoms with Crippen LogP contribution < -0.4 is 5.32 Å². The molecule has 1 heterocycles. The van der Waals surface area contributed by atoms with E-state index >= 15 is 0 Å². The second-order valence-corrected chi connectivity index (χ2v) is 4.86. The summed E-state index contributed by atoms with van der Waals surface area (Å²) < 4.78 is 18.1. The lowest BCUT2D eigenvalue weighted by atomic mass is 10.0. The van der Waals surface area contributed by atoms with Gasteiger partial charge in [0.05, 0.1) is 0 Å².